The summed E-state index contributed by atoms with van der Waals surface area (Å²) in [5, 5.41) is 0. The molecule has 0 aromatic rings. The molecule has 1 rings (SSSR count). The highest BCUT2D eigenvalue weighted by molar-refractivity contribution is 5.91. The van der Waals surface area contributed by atoms with Crippen LogP contribution in [-0.4, -0.2) is 13.1 Å². The first-order valence-electron chi connectivity index (χ1n) is 3.46. The summed E-state index contributed by atoms with van der Waals surface area (Å²) >= 11 is 0. The number of ether oxygens (including phenoxy) is 1. The van der Waals surface area contributed by atoms with E-state index in [-0.39, 0.29) is 5.97 Å². The van der Waals surface area contributed by atoms with Crippen molar-refractivity contribution in [2.45, 2.75) is 6.42 Å². The highest BCUT2D eigenvalue weighted by atomic mass is 16.5. The fourth-order valence-corrected chi connectivity index (χ4v) is 0.833. The molecule has 1 aliphatic carbocycles. The average molecular weight is 150 g/mol. The van der Waals surface area contributed by atoms with Gasteiger partial charge < -0.3 is 4.74 Å². The third kappa shape index (κ3) is 2.08. The minimum Gasteiger partial charge on any atom is -0.465 e. The van der Waals surface area contributed by atoms with Crippen LogP contribution in [0.15, 0.2) is 36.0 Å². The quantitative estimate of drug-likeness (QED) is 0.531. The van der Waals surface area contributed by atoms with Crippen molar-refractivity contribution in [3.05, 3.63) is 36.0 Å². The van der Waals surface area contributed by atoms with Crippen molar-refractivity contribution in [2.75, 3.05) is 7.11 Å². The minimum atomic E-state index is -0.284. The Kier molecular flexibility index (Phi) is 2.66. The van der Waals surface area contributed by atoms with E-state index in [1.165, 1.54) is 7.11 Å². The van der Waals surface area contributed by atoms with Gasteiger partial charge >= 0.3 is 5.97 Å². The zero-order valence-corrected chi connectivity index (χ0v) is 6.41. The van der Waals surface area contributed by atoms with Crippen molar-refractivity contribution in [2.24, 2.45) is 0 Å². The Morgan fingerprint density at radius 2 is 2.36 bits per heavy atom. The number of carbonyl (C=O) groups excluding carboxylic acids is 1. The first kappa shape index (κ1) is 7.79. The number of hydrogen-bond donors (Lipinski definition) is 0. The van der Waals surface area contributed by atoms with Gasteiger partial charge in [-0.3, -0.25) is 0 Å². The van der Waals surface area contributed by atoms with Crippen LogP contribution < -0.4 is 0 Å². The van der Waals surface area contributed by atoms with Crippen LogP contribution in [0.5, 0.6) is 0 Å². The first-order valence-corrected chi connectivity index (χ1v) is 3.46. The predicted molar refractivity (Wildman–Crippen MR) is 43.0 cm³/mol. The van der Waals surface area contributed by atoms with E-state index in [0.29, 0.717) is 5.57 Å². The summed E-state index contributed by atoms with van der Waals surface area (Å²) in [5.74, 6) is -0.284. The molecule has 0 aromatic heterocycles. The zero-order valence-electron chi connectivity index (χ0n) is 6.41. The molecule has 0 saturated heterocycles. The van der Waals surface area contributed by atoms with Crippen LogP contribution in [0.25, 0.3) is 0 Å². The maximum Gasteiger partial charge on any atom is 0.337 e. The first-order chi connectivity index (χ1) is 5.34. The van der Waals surface area contributed by atoms with Gasteiger partial charge in [0.2, 0.25) is 0 Å². The maximum absolute atomic E-state index is 10.9. The van der Waals surface area contributed by atoms with Crippen molar-refractivity contribution in [1.29, 1.82) is 0 Å². The van der Waals surface area contributed by atoms with Crippen LogP contribution in [0, 0.1) is 0 Å². The van der Waals surface area contributed by atoms with Gasteiger partial charge in [-0.1, -0.05) is 24.3 Å². The molecule has 0 spiro atoms. The fraction of sp³-hybridized carbons (Fsp3) is 0.222. The van der Waals surface area contributed by atoms with Crippen LogP contribution >= 0.6 is 0 Å². The van der Waals surface area contributed by atoms with Gasteiger partial charge in [0.15, 0.2) is 0 Å². The second-order valence-electron chi connectivity index (χ2n) is 2.18. The van der Waals surface area contributed by atoms with Crippen LogP contribution in [0.4, 0.5) is 0 Å². The lowest BCUT2D eigenvalue weighted by atomic mass is 10.2. The molecule has 11 heavy (non-hydrogen) atoms. The lowest BCUT2D eigenvalue weighted by Crippen LogP contribution is -2.01. The maximum atomic E-state index is 10.9. The van der Waals surface area contributed by atoms with Crippen LogP contribution in [0.2, 0.25) is 0 Å². The molecule has 0 N–H and O–H groups in total. The van der Waals surface area contributed by atoms with Gasteiger partial charge in [-0.25, -0.2) is 4.79 Å². The van der Waals surface area contributed by atoms with Crippen LogP contribution in [0.1, 0.15) is 6.42 Å². The predicted octanol–water partition coefficient (Wildman–Crippen LogP) is 1.60. The summed E-state index contributed by atoms with van der Waals surface area (Å²) in [6, 6.07) is 0. The lowest BCUT2D eigenvalue weighted by Gasteiger charge is -1.95. The number of rotatable bonds is 1. The topological polar surface area (TPSA) is 26.3 Å². The highest BCUT2D eigenvalue weighted by Gasteiger charge is 2.04. The monoisotopic (exact) mass is 150 g/mol. The Balaban J connectivity index is 2.77. The summed E-state index contributed by atoms with van der Waals surface area (Å²) in [4.78, 5) is 10.9. The molecule has 0 radical (unpaired) electrons. The van der Waals surface area contributed by atoms with Gasteiger partial charge in [-0.05, 0) is 12.5 Å². The minimum absolute atomic E-state index is 0.284. The molecule has 0 unspecified atom stereocenters. The SMILES string of the molecule is COC(=O)C1=CC=CCC=C1. The molecule has 0 amide bonds. The Bertz CT molecular complexity index is 234. The molecule has 0 bridgehead atoms. The zero-order chi connectivity index (χ0) is 8.10. The van der Waals surface area contributed by atoms with E-state index in [0.717, 1.165) is 6.42 Å². The molecule has 0 atom stereocenters. The largest absolute Gasteiger partial charge is 0.465 e. The second kappa shape index (κ2) is 3.76. The fourth-order valence-electron chi connectivity index (χ4n) is 0.833. The third-order valence-corrected chi connectivity index (χ3v) is 1.40. The van der Waals surface area contributed by atoms with E-state index in [9.17, 15) is 4.79 Å². The number of esters is 1. The van der Waals surface area contributed by atoms with Crippen LogP contribution in [0.3, 0.4) is 0 Å². The van der Waals surface area contributed by atoms with E-state index in [1.807, 2.05) is 18.2 Å². The molecule has 0 aromatic carbocycles. The summed E-state index contributed by atoms with van der Waals surface area (Å²) in [5.41, 5.74) is 0.598. The number of carbonyl (C=O) groups is 1. The second-order valence-corrected chi connectivity index (χ2v) is 2.18. The molecule has 0 heterocycles. The van der Waals surface area contributed by atoms with Crippen molar-refractivity contribution < 1.29 is 9.53 Å². The van der Waals surface area contributed by atoms with Gasteiger partial charge in [0, 0.05) is 0 Å². The van der Waals surface area contributed by atoms with E-state index < -0.39 is 0 Å². The Labute approximate surface area is 65.9 Å². The highest BCUT2D eigenvalue weighted by Crippen LogP contribution is 2.05. The number of methoxy groups -OCH3 is 1. The molecule has 1 aliphatic rings. The van der Waals surface area contributed by atoms with Gasteiger partial charge in [-0.15, -0.1) is 0 Å². The lowest BCUT2D eigenvalue weighted by molar-refractivity contribution is -0.135. The molecular weight excluding hydrogens is 140 g/mol. The van der Waals surface area contributed by atoms with E-state index in [1.54, 1.807) is 12.2 Å². The molecule has 0 fully saturated rings. The summed E-state index contributed by atoms with van der Waals surface area (Å²) < 4.78 is 4.55. The summed E-state index contributed by atoms with van der Waals surface area (Å²) in [6.45, 7) is 0. The Morgan fingerprint density at radius 1 is 1.55 bits per heavy atom. The average Bonchev–Trinajstić information content (AvgIpc) is 2.30. The number of allylic oxidation sites excluding steroid dienone is 4. The molecule has 2 heteroatoms. The van der Waals surface area contributed by atoms with Crippen molar-refractivity contribution in [1.82, 2.24) is 0 Å². The van der Waals surface area contributed by atoms with Crippen molar-refractivity contribution in [3.8, 4) is 0 Å². The molecule has 2 nitrogen and oxygen atoms in total. The Hall–Kier alpha value is -1.31. The van der Waals surface area contributed by atoms with Crippen molar-refractivity contribution in [3.63, 3.8) is 0 Å². The smallest absolute Gasteiger partial charge is 0.337 e. The molecule has 58 valence electrons. The molecule has 0 saturated carbocycles. The van der Waals surface area contributed by atoms with E-state index >= 15 is 0 Å². The standard InChI is InChI=1S/C9H10O2/c1-11-9(10)8-6-4-2-3-5-7-8/h2,4-7H,3H2,1H3. The van der Waals surface area contributed by atoms with E-state index in [2.05, 4.69) is 4.74 Å². The summed E-state index contributed by atoms with van der Waals surface area (Å²) in [7, 11) is 1.38. The molecule has 0 aliphatic heterocycles. The Morgan fingerprint density at radius 3 is 3.09 bits per heavy atom. The van der Waals surface area contributed by atoms with Gasteiger partial charge in [0.25, 0.3) is 0 Å². The third-order valence-electron chi connectivity index (χ3n) is 1.40. The summed E-state index contributed by atoms with van der Waals surface area (Å²) in [6.07, 6.45) is 10.1. The molecular formula is C9H10O2. The van der Waals surface area contributed by atoms with Gasteiger partial charge in [0.1, 0.15) is 0 Å². The normalized spacial score (nSPS) is 15.5. The number of hydrogen-bond acceptors (Lipinski definition) is 2. The van der Waals surface area contributed by atoms with Crippen LogP contribution in [-0.2, 0) is 9.53 Å². The van der Waals surface area contributed by atoms with Crippen molar-refractivity contribution >= 4 is 5.97 Å². The van der Waals surface area contributed by atoms with E-state index in [4.69, 9.17) is 0 Å². The van der Waals surface area contributed by atoms with Gasteiger partial charge in [-0.2, -0.15) is 0 Å². The van der Waals surface area contributed by atoms with Gasteiger partial charge in [0.05, 0.1) is 12.7 Å².